The standard InChI is InChI=1S/C84H147N2O6P/c1-6-8-10-12-14-16-18-20-22-24-26-28-30-32-34-36-38-39-40-41-42-43-44-45-46-47-48-50-52-54-56-58-60-62-64-66-68-70-72-74-76-78-84(88)85-82(81-92-93(89,90)91-80-79-86(3,4)5)83(87)77-75-73-71-69-67-65-63-61-59-57-55-53-51-49-37-35-33-31-29-27-25-23-21-19-17-15-13-11-9-7-2/h8,10,14,16,20,22,26,28,32,34,38-39,41-42,44-45,47-48,52,54,67,69,75,77,82-83,87H,6-7,9,11-13,15,17-19,21,23-25,27,29-31,33,35-37,40,43,46,49-51,53,55-66,68,70-74,76,78-81H2,1-5H3,(H-,85,88,89,90)/b10-8-,16-14-,22-20-,28-26-,34-32-,39-38-,42-41-,45-44-,48-47-,54-52-,69-67+,77-75+. The predicted molar refractivity (Wildman–Crippen MR) is 408 cm³/mol. The van der Waals surface area contributed by atoms with Crippen molar-refractivity contribution in [3.8, 4) is 0 Å². The Morgan fingerprint density at radius 1 is 0.387 bits per heavy atom. The fourth-order valence-electron chi connectivity index (χ4n) is 10.8. The number of phosphoric acid groups is 1. The summed E-state index contributed by atoms with van der Waals surface area (Å²) < 4.78 is 23.5. The van der Waals surface area contributed by atoms with Crippen molar-refractivity contribution >= 4 is 13.7 Å². The number of carbonyl (C=O) groups excluding carboxylic acids is 1. The molecule has 0 heterocycles. The second-order valence-electron chi connectivity index (χ2n) is 27.0. The molecule has 0 spiro atoms. The molecule has 8 nitrogen and oxygen atoms in total. The number of phosphoric ester groups is 1. The van der Waals surface area contributed by atoms with Gasteiger partial charge >= 0.3 is 0 Å². The minimum Gasteiger partial charge on any atom is -0.756 e. The molecule has 0 radical (unpaired) electrons. The summed E-state index contributed by atoms with van der Waals surface area (Å²) in [5.74, 6) is -0.214. The van der Waals surface area contributed by atoms with Crippen LogP contribution in [0.3, 0.4) is 0 Å². The van der Waals surface area contributed by atoms with Crippen LogP contribution in [-0.4, -0.2) is 68.5 Å². The topological polar surface area (TPSA) is 108 Å². The van der Waals surface area contributed by atoms with E-state index in [0.717, 1.165) is 116 Å². The maximum atomic E-state index is 13.1. The lowest BCUT2D eigenvalue weighted by molar-refractivity contribution is -0.870. The Balaban J connectivity index is 4.11. The zero-order valence-electron chi connectivity index (χ0n) is 61.2. The molecule has 1 amide bonds. The molecule has 93 heavy (non-hydrogen) atoms. The summed E-state index contributed by atoms with van der Waals surface area (Å²) in [6.45, 7) is 4.53. The van der Waals surface area contributed by atoms with Crippen LogP contribution in [-0.2, 0) is 18.4 Å². The molecule has 0 aromatic carbocycles. The van der Waals surface area contributed by atoms with Gasteiger partial charge in [0.1, 0.15) is 13.2 Å². The quantitative estimate of drug-likeness (QED) is 0.0272. The summed E-state index contributed by atoms with van der Waals surface area (Å²) in [6.07, 6.45) is 111. The van der Waals surface area contributed by atoms with Gasteiger partial charge in [0.05, 0.1) is 39.9 Å². The molecule has 0 saturated heterocycles. The number of aliphatic hydroxyl groups excluding tert-OH is 1. The Kier molecular flexibility index (Phi) is 69.8. The zero-order valence-corrected chi connectivity index (χ0v) is 62.1. The average molecular weight is 1310 g/mol. The van der Waals surface area contributed by atoms with Crippen LogP contribution in [0.1, 0.15) is 328 Å². The molecule has 2 N–H and O–H groups in total. The molecule has 3 atom stereocenters. The first-order valence-corrected chi connectivity index (χ1v) is 40.2. The first kappa shape index (κ1) is 89.4. The Morgan fingerprint density at radius 2 is 0.667 bits per heavy atom. The van der Waals surface area contributed by atoms with Crippen LogP contribution in [0.25, 0.3) is 0 Å². The second-order valence-corrected chi connectivity index (χ2v) is 28.4. The number of hydrogen-bond acceptors (Lipinski definition) is 6. The smallest absolute Gasteiger partial charge is 0.268 e. The molecule has 0 saturated carbocycles. The number of allylic oxidation sites excluding steroid dienone is 23. The fourth-order valence-corrected chi connectivity index (χ4v) is 11.6. The summed E-state index contributed by atoms with van der Waals surface area (Å²) in [6, 6.07) is -0.918. The van der Waals surface area contributed by atoms with E-state index in [1.165, 1.54) is 193 Å². The average Bonchev–Trinajstić information content (AvgIpc) is 2.75. The van der Waals surface area contributed by atoms with Crippen molar-refractivity contribution in [3.05, 3.63) is 146 Å². The van der Waals surface area contributed by atoms with E-state index in [1.54, 1.807) is 6.08 Å². The minimum atomic E-state index is -4.63. The summed E-state index contributed by atoms with van der Waals surface area (Å²) in [5, 5.41) is 14.0. The van der Waals surface area contributed by atoms with Gasteiger partial charge in [-0.15, -0.1) is 0 Å². The number of nitrogens with one attached hydrogen (secondary N) is 1. The monoisotopic (exact) mass is 1310 g/mol. The first-order valence-electron chi connectivity index (χ1n) is 38.7. The number of amides is 1. The van der Waals surface area contributed by atoms with Gasteiger partial charge in [0.15, 0.2) is 0 Å². The van der Waals surface area contributed by atoms with Gasteiger partial charge in [-0.3, -0.25) is 9.36 Å². The number of unbranched alkanes of at least 4 members (excludes halogenated alkanes) is 35. The van der Waals surface area contributed by atoms with Gasteiger partial charge in [0, 0.05) is 6.42 Å². The molecule has 0 aliphatic rings. The Hall–Kier alpha value is -3.62. The molecular weight excluding hydrogens is 1160 g/mol. The van der Waals surface area contributed by atoms with Crippen LogP contribution in [0.5, 0.6) is 0 Å². The number of aliphatic hydroxyl groups is 1. The van der Waals surface area contributed by atoms with Crippen molar-refractivity contribution in [3.63, 3.8) is 0 Å². The van der Waals surface area contributed by atoms with Crippen molar-refractivity contribution < 1.29 is 32.9 Å². The van der Waals surface area contributed by atoms with Gasteiger partial charge < -0.3 is 28.8 Å². The van der Waals surface area contributed by atoms with E-state index in [-0.39, 0.29) is 12.5 Å². The number of rotatable bonds is 70. The lowest BCUT2D eigenvalue weighted by atomic mass is 10.0. The maximum absolute atomic E-state index is 13.1. The molecule has 3 unspecified atom stereocenters. The molecule has 0 aromatic heterocycles. The molecule has 0 bridgehead atoms. The van der Waals surface area contributed by atoms with E-state index < -0.39 is 26.6 Å². The van der Waals surface area contributed by atoms with E-state index in [4.69, 9.17) is 9.05 Å². The van der Waals surface area contributed by atoms with E-state index in [1.807, 2.05) is 27.2 Å². The molecule has 9 heteroatoms. The SMILES string of the molecule is CC/C=C\C/C=C\C/C=C\C/C=C\C/C=C\C/C=C\C/C=C\C/C=C\C/C=C\C/C=C\CCCCCCCCCCCCC(=O)NC(COP(=O)([O-])OCC[N+](C)(C)C)C(O)/C=C/CC/C=C/CCCCCCCCCCCCCCCCCCCCCCCCCC. The van der Waals surface area contributed by atoms with Gasteiger partial charge in [0.2, 0.25) is 5.91 Å². The predicted octanol–water partition coefficient (Wildman–Crippen LogP) is 24.9. The summed E-state index contributed by atoms with van der Waals surface area (Å²) in [5.41, 5.74) is 0. The van der Waals surface area contributed by atoms with Crippen molar-refractivity contribution in [1.82, 2.24) is 5.32 Å². The third-order valence-corrected chi connectivity index (χ3v) is 17.7. The van der Waals surface area contributed by atoms with Crippen LogP contribution < -0.4 is 10.2 Å². The third kappa shape index (κ3) is 75.6. The van der Waals surface area contributed by atoms with Gasteiger partial charge in [0.25, 0.3) is 7.82 Å². The lowest BCUT2D eigenvalue weighted by Crippen LogP contribution is -2.45. The molecule has 534 valence electrons. The summed E-state index contributed by atoms with van der Waals surface area (Å²) >= 11 is 0. The third-order valence-electron chi connectivity index (χ3n) is 16.8. The van der Waals surface area contributed by atoms with Crippen molar-refractivity contribution in [2.45, 2.75) is 341 Å². The molecule has 0 fully saturated rings. The Bertz CT molecular complexity index is 2030. The number of likely N-dealkylation sites (N-methyl/N-ethyl adjacent to an activating group) is 1. The molecule has 0 aliphatic heterocycles. The highest BCUT2D eigenvalue weighted by Gasteiger charge is 2.23. The van der Waals surface area contributed by atoms with E-state index in [0.29, 0.717) is 17.4 Å². The second kappa shape index (κ2) is 72.6. The highest BCUT2D eigenvalue weighted by molar-refractivity contribution is 7.45. The van der Waals surface area contributed by atoms with Crippen LogP contribution in [0.2, 0.25) is 0 Å². The highest BCUT2D eigenvalue weighted by Crippen LogP contribution is 2.38. The van der Waals surface area contributed by atoms with Crippen molar-refractivity contribution in [2.24, 2.45) is 0 Å². The van der Waals surface area contributed by atoms with E-state index in [2.05, 4.69) is 153 Å². The van der Waals surface area contributed by atoms with Crippen LogP contribution in [0, 0.1) is 0 Å². The highest BCUT2D eigenvalue weighted by atomic mass is 31.2. The molecular formula is C84H147N2O6P. The van der Waals surface area contributed by atoms with Crippen LogP contribution in [0.4, 0.5) is 0 Å². The lowest BCUT2D eigenvalue weighted by Gasteiger charge is -2.29. The van der Waals surface area contributed by atoms with Crippen LogP contribution >= 0.6 is 7.82 Å². The normalized spacial score (nSPS) is 14.4. The fraction of sp³-hybridized carbons (Fsp3) is 0.702. The largest absolute Gasteiger partial charge is 0.756 e. The van der Waals surface area contributed by atoms with Gasteiger partial charge in [-0.25, -0.2) is 0 Å². The van der Waals surface area contributed by atoms with Gasteiger partial charge in [-0.05, 0) is 109 Å². The molecule has 0 rings (SSSR count). The van der Waals surface area contributed by atoms with Gasteiger partial charge in [-0.1, -0.05) is 359 Å². The Morgan fingerprint density at radius 3 is 1.00 bits per heavy atom. The first-order chi connectivity index (χ1) is 45.5. The number of nitrogens with zero attached hydrogens (tertiary/aromatic N) is 1. The Labute approximate surface area is 576 Å². The van der Waals surface area contributed by atoms with E-state index >= 15 is 0 Å². The maximum Gasteiger partial charge on any atom is 0.268 e. The number of carbonyl (C=O) groups is 1. The van der Waals surface area contributed by atoms with Crippen molar-refractivity contribution in [2.75, 3.05) is 40.9 Å². The number of hydrogen-bond donors (Lipinski definition) is 2. The van der Waals surface area contributed by atoms with Gasteiger partial charge in [-0.2, -0.15) is 0 Å². The summed E-state index contributed by atoms with van der Waals surface area (Å²) in [4.78, 5) is 25.7. The van der Waals surface area contributed by atoms with Crippen molar-refractivity contribution in [1.29, 1.82) is 0 Å². The number of quaternary nitrogens is 1. The van der Waals surface area contributed by atoms with Crippen LogP contribution in [0.15, 0.2) is 146 Å². The molecule has 0 aliphatic carbocycles. The zero-order chi connectivity index (χ0) is 67.6. The van der Waals surface area contributed by atoms with E-state index in [9.17, 15) is 19.4 Å². The summed E-state index contributed by atoms with van der Waals surface area (Å²) in [7, 11) is 1.23. The molecule has 0 aromatic rings. The minimum absolute atomic E-state index is 0.0132.